The second kappa shape index (κ2) is 5.57. The summed E-state index contributed by atoms with van der Waals surface area (Å²) in [4.78, 5) is 2.06. The average Bonchev–Trinajstić information content (AvgIpc) is 2.40. The third-order valence-electron chi connectivity index (χ3n) is 3.44. The number of hydrazone groups is 1. The summed E-state index contributed by atoms with van der Waals surface area (Å²) in [5.41, 5.74) is 7.12. The van der Waals surface area contributed by atoms with E-state index in [-0.39, 0.29) is 0 Å². The van der Waals surface area contributed by atoms with Crippen LogP contribution >= 0.6 is 0 Å². The van der Waals surface area contributed by atoms with Crippen molar-refractivity contribution in [1.29, 1.82) is 0 Å². The monoisotopic (exact) mass is 232 g/mol. The van der Waals surface area contributed by atoms with Crippen molar-refractivity contribution < 1.29 is 0 Å². The molecule has 92 valence electrons. The highest BCUT2D eigenvalue weighted by molar-refractivity contribution is 5.77. The van der Waals surface area contributed by atoms with Gasteiger partial charge in [0.2, 0.25) is 5.96 Å². The molecular formula is C13H20N4. The Morgan fingerprint density at radius 1 is 1.24 bits per heavy atom. The second-order valence-corrected chi connectivity index (χ2v) is 4.61. The van der Waals surface area contributed by atoms with Crippen LogP contribution in [0.1, 0.15) is 18.4 Å². The maximum absolute atomic E-state index is 5.70. The van der Waals surface area contributed by atoms with Crippen LogP contribution in [-0.4, -0.2) is 23.9 Å². The zero-order valence-electron chi connectivity index (χ0n) is 10.0. The van der Waals surface area contributed by atoms with E-state index in [1.54, 1.807) is 0 Å². The number of likely N-dealkylation sites (tertiary alicyclic amines) is 1. The number of rotatable bonds is 2. The van der Waals surface area contributed by atoms with E-state index in [1.165, 1.54) is 5.56 Å². The SMILES string of the molecule is NN=C(N)N1CCC(Cc2ccccc2)CC1. The van der Waals surface area contributed by atoms with Crippen molar-refractivity contribution in [3.8, 4) is 0 Å². The number of nitrogens with zero attached hydrogens (tertiary/aromatic N) is 2. The van der Waals surface area contributed by atoms with Gasteiger partial charge in [-0.25, -0.2) is 0 Å². The smallest absolute Gasteiger partial charge is 0.213 e. The Morgan fingerprint density at radius 2 is 1.88 bits per heavy atom. The molecule has 2 rings (SSSR count). The average molecular weight is 232 g/mol. The number of piperidine rings is 1. The molecular weight excluding hydrogens is 212 g/mol. The Hall–Kier alpha value is -1.71. The van der Waals surface area contributed by atoms with Crippen LogP contribution in [0.4, 0.5) is 0 Å². The zero-order chi connectivity index (χ0) is 12.1. The lowest BCUT2D eigenvalue weighted by Gasteiger charge is -2.32. The normalized spacial score (nSPS) is 18.4. The van der Waals surface area contributed by atoms with Gasteiger partial charge < -0.3 is 16.5 Å². The molecule has 1 aromatic carbocycles. The molecule has 1 fully saturated rings. The molecule has 1 heterocycles. The fraction of sp³-hybridized carbons (Fsp3) is 0.462. The van der Waals surface area contributed by atoms with Gasteiger partial charge in [-0.1, -0.05) is 30.3 Å². The van der Waals surface area contributed by atoms with Crippen LogP contribution in [0.25, 0.3) is 0 Å². The van der Waals surface area contributed by atoms with Crippen molar-refractivity contribution >= 4 is 5.96 Å². The van der Waals surface area contributed by atoms with Crippen LogP contribution in [0.3, 0.4) is 0 Å². The number of benzene rings is 1. The van der Waals surface area contributed by atoms with Gasteiger partial charge in [-0.2, -0.15) is 0 Å². The fourth-order valence-electron chi connectivity index (χ4n) is 2.40. The Bertz CT molecular complexity index is 366. The van der Waals surface area contributed by atoms with Gasteiger partial charge in [-0.05, 0) is 30.7 Å². The fourth-order valence-corrected chi connectivity index (χ4v) is 2.40. The first-order valence-corrected chi connectivity index (χ1v) is 6.12. The first kappa shape index (κ1) is 11.8. The molecule has 4 N–H and O–H groups in total. The first-order chi connectivity index (χ1) is 8.29. The lowest BCUT2D eigenvalue weighted by atomic mass is 9.90. The molecule has 0 bridgehead atoms. The molecule has 0 unspecified atom stereocenters. The van der Waals surface area contributed by atoms with Crippen molar-refractivity contribution in [2.24, 2.45) is 22.6 Å². The van der Waals surface area contributed by atoms with Crippen LogP contribution in [0.5, 0.6) is 0 Å². The molecule has 0 atom stereocenters. The number of nitrogens with two attached hydrogens (primary N) is 2. The highest BCUT2D eigenvalue weighted by atomic mass is 15.3. The van der Waals surface area contributed by atoms with Crippen molar-refractivity contribution in [3.63, 3.8) is 0 Å². The summed E-state index contributed by atoms with van der Waals surface area (Å²) in [7, 11) is 0. The second-order valence-electron chi connectivity index (χ2n) is 4.61. The van der Waals surface area contributed by atoms with Crippen molar-refractivity contribution in [2.75, 3.05) is 13.1 Å². The minimum absolute atomic E-state index is 0.461. The summed E-state index contributed by atoms with van der Waals surface area (Å²) in [5.74, 6) is 6.39. The Kier molecular flexibility index (Phi) is 3.85. The van der Waals surface area contributed by atoms with Crippen LogP contribution in [0.2, 0.25) is 0 Å². The van der Waals surface area contributed by atoms with E-state index in [4.69, 9.17) is 11.6 Å². The van der Waals surface area contributed by atoms with E-state index in [0.29, 0.717) is 5.96 Å². The molecule has 0 spiro atoms. The van der Waals surface area contributed by atoms with E-state index in [9.17, 15) is 0 Å². The number of guanidine groups is 1. The topological polar surface area (TPSA) is 67.6 Å². The predicted molar refractivity (Wildman–Crippen MR) is 70.3 cm³/mol. The molecule has 1 saturated heterocycles. The van der Waals surface area contributed by atoms with E-state index < -0.39 is 0 Å². The molecule has 1 aliphatic heterocycles. The van der Waals surface area contributed by atoms with Gasteiger partial charge in [0.25, 0.3) is 0 Å². The quantitative estimate of drug-likeness (QED) is 0.347. The van der Waals surface area contributed by atoms with Crippen molar-refractivity contribution in [2.45, 2.75) is 19.3 Å². The highest BCUT2D eigenvalue weighted by Gasteiger charge is 2.20. The molecule has 0 saturated carbocycles. The van der Waals surface area contributed by atoms with Gasteiger partial charge in [-0.3, -0.25) is 0 Å². The summed E-state index contributed by atoms with van der Waals surface area (Å²) in [6, 6.07) is 10.7. The summed E-state index contributed by atoms with van der Waals surface area (Å²) < 4.78 is 0. The largest absolute Gasteiger partial charge is 0.368 e. The van der Waals surface area contributed by atoms with Gasteiger partial charge in [0, 0.05) is 13.1 Å². The third kappa shape index (κ3) is 3.12. The molecule has 0 amide bonds. The summed E-state index contributed by atoms with van der Waals surface area (Å²) >= 11 is 0. The van der Waals surface area contributed by atoms with E-state index >= 15 is 0 Å². The maximum Gasteiger partial charge on any atom is 0.213 e. The van der Waals surface area contributed by atoms with Crippen LogP contribution in [0, 0.1) is 5.92 Å². The lowest BCUT2D eigenvalue weighted by Crippen LogP contribution is -2.43. The summed E-state index contributed by atoms with van der Waals surface area (Å²) in [6.07, 6.45) is 3.48. The van der Waals surface area contributed by atoms with E-state index in [0.717, 1.165) is 38.3 Å². The number of hydrogen-bond acceptors (Lipinski definition) is 2. The van der Waals surface area contributed by atoms with Crippen molar-refractivity contribution in [1.82, 2.24) is 4.90 Å². The molecule has 0 radical (unpaired) electrons. The molecule has 0 aromatic heterocycles. The Balaban J connectivity index is 1.84. The predicted octanol–water partition coefficient (Wildman–Crippen LogP) is 1.13. The van der Waals surface area contributed by atoms with Crippen LogP contribution in [-0.2, 0) is 6.42 Å². The van der Waals surface area contributed by atoms with Crippen LogP contribution < -0.4 is 11.6 Å². The minimum Gasteiger partial charge on any atom is -0.368 e. The molecule has 4 heteroatoms. The van der Waals surface area contributed by atoms with Crippen molar-refractivity contribution in [3.05, 3.63) is 35.9 Å². The standard InChI is InChI=1S/C13H20N4/c14-13(16-15)17-8-6-12(7-9-17)10-11-4-2-1-3-5-11/h1-5,12H,6-10,15H2,(H2,14,16). The van der Waals surface area contributed by atoms with Crippen LogP contribution in [0.15, 0.2) is 35.4 Å². The van der Waals surface area contributed by atoms with Gasteiger partial charge in [0.05, 0.1) is 0 Å². The van der Waals surface area contributed by atoms with E-state index in [1.807, 2.05) is 0 Å². The summed E-state index contributed by atoms with van der Waals surface area (Å²) in [6.45, 7) is 1.92. The van der Waals surface area contributed by atoms with Gasteiger partial charge in [-0.15, -0.1) is 5.10 Å². The third-order valence-corrected chi connectivity index (χ3v) is 3.44. The highest BCUT2D eigenvalue weighted by Crippen LogP contribution is 2.21. The van der Waals surface area contributed by atoms with Gasteiger partial charge >= 0.3 is 0 Å². The Labute approximate surface area is 102 Å². The molecule has 1 aliphatic rings. The maximum atomic E-state index is 5.70. The molecule has 4 nitrogen and oxygen atoms in total. The lowest BCUT2D eigenvalue weighted by molar-refractivity contribution is 0.263. The first-order valence-electron chi connectivity index (χ1n) is 6.12. The minimum atomic E-state index is 0.461. The summed E-state index contributed by atoms with van der Waals surface area (Å²) in [5, 5.41) is 3.54. The van der Waals surface area contributed by atoms with Gasteiger partial charge in [0.15, 0.2) is 0 Å². The number of hydrogen-bond donors (Lipinski definition) is 2. The zero-order valence-corrected chi connectivity index (χ0v) is 10.0. The molecule has 0 aliphatic carbocycles. The molecule has 17 heavy (non-hydrogen) atoms. The Morgan fingerprint density at radius 3 is 2.47 bits per heavy atom. The van der Waals surface area contributed by atoms with E-state index in [2.05, 4.69) is 40.3 Å². The molecule has 1 aromatic rings. The van der Waals surface area contributed by atoms with Gasteiger partial charge in [0.1, 0.15) is 0 Å².